The quantitative estimate of drug-likeness (QED) is 0.858. The molecule has 4 nitrogen and oxygen atoms in total. The Bertz CT molecular complexity index is 699. The largest absolute Gasteiger partial charge is 0.361 e. The number of hydrogen-bond donors (Lipinski definition) is 0. The molecule has 0 radical (unpaired) electrons. The Kier molecular flexibility index (Phi) is 3.47. The van der Waals surface area contributed by atoms with Crippen LogP contribution in [0.5, 0.6) is 0 Å². The Labute approximate surface area is 136 Å². The zero-order valence-electron chi connectivity index (χ0n) is 13.5. The van der Waals surface area contributed by atoms with Gasteiger partial charge in [-0.2, -0.15) is 0 Å². The predicted octanol–water partition coefficient (Wildman–Crippen LogP) is 3.96. The Balaban J connectivity index is 1.69. The molecule has 1 heterocycles. The highest BCUT2D eigenvalue weighted by Crippen LogP contribution is 2.51. The van der Waals surface area contributed by atoms with E-state index in [4.69, 9.17) is 4.52 Å². The van der Waals surface area contributed by atoms with Gasteiger partial charge in [0.1, 0.15) is 11.3 Å². The lowest BCUT2D eigenvalue weighted by atomic mass is 9.90. The van der Waals surface area contributed by atoms with Crippen molar-refractivity contribution in [2.45, 2.75) is 51.1 Å². The summed E-state index contributed by atoms with van der Waals surface area (Å²) in [5, 5.41) is 3.80. The second kappa shape index (κ2) is 5.52. The van der Waals surface area contributed by atoms with Gasteiger partial charge >= 0.3 is 0 Å². The average molecular weight is 310 g/mol. The molecule has 2 saturated carbocycles. The van der Waals surface area contributed by atoms with Gasteiger partial charge in [-0.1, -0.05) is 35.5 Å². The maximum atomic E-state index is 13.2. The molecular weight excluding hydrogens is 288 g/mol. The van der Waals surface area contributed by atoms with Crippen LogP contribution in [0.2, 0.25) is 0 Å². The van der Waals surface area contributed by atoms with Crippen molar-refractivity contribution in [2.24, 2.45) is 5.92 Å². The van der Waals surface area contributed by atoms with Gasteiger partial charge in [0, 0.05) is 12.1 Å². The molecule has 2 aromatic rings. The molecule has 2 aliphatic rings. The minimum absolute atomic E-state index is 0.0291. The molecule has 0 saturated heterocycles. The van der Waals surface area contributed by atoms with Crippen molar-refractivity contribution < 1.29 is 9.32 Å². The zero-order valence-corrected chi connectivity index (χ0v) is 13.5. The Morgan fingerprint density at radius 2 is 2.04 bits per heavy atom. The van der Waals surface area contributed by atoms with Gasteiger partial charge in [0.15, 0.2) is 0 Å². The Morgan fingerprint density at radius 1 is 1.30 bits per heavy atom. The summed E-state index contributed by atoms with van der Waals surface area (Å²) in [7, 11) is 0. The molecule has 0 unspecified atom stereocenters. The standard InChI is InChI=1S/C19H22N2O2/c1-14-17(12-20-23-14)18(22)21(13-16-5-3-2-4-6-16)19-9-7-15(11-19)8-10-19/h2-6,12,15H,7-11,13H2,1H3. The first kappa shape index (κ1) is 14.5. The number of hydrogen-bond acceptors (Lipinski definition) is 3. The van der Waals surface area contributed by atoms with Crippen LogP contribution in [0.4, 0.5) is 0 Å². The van der Waals surface area contributed by atoms with E-state index in [2.05, 4.69) is 22.2 Å². The lowest BCUT2D eigenvalue weighted by Gasteiger charge is -2.40. The lowest BCUT2D eigenvalue weighted by Crippen LogP contribution is -2.48. The van der Waals surface area contributed by atoms with Crippen LogP contribution in [0.25, 0.3) is 0 Å². The van der Waals surface area contributed by atoms with Crippen molar-refractivity contribution in [3.8, 4) is 0 Å². The van der Waals surface area contributed by atoms with E-state index in [9.17, 15) is 4.79 Å². The fourth-order valence-corrected chi connectivity index (χ4v) is 4.41. The van der Waals surface area contributed by atoms with Crippen LogP contribution >= 0.6 is 0 Å². The minimum atomic E-state index is 0.0291. The number of carbonyl (C=O) groups excluding carboxylic acids is 1. The molecule has 23 heavy (non-hydrogen) atoms. The van der Waals surface area contributed by atoms with Crippen LogP contribution < -0.4 is 0 Å². The monoisotopic (exact) mass is 310 g/mol. The van der Waals surface area contributed by atoms with Gasteiger partial charge in [0.25, 0.3) is 5.91 Å². The number of aryl methyl sites for hydroxylation is 1. The molecule has 0 N–H and O–H groups in total. The highest BCUT2D eigenvalue weighted by atomic mass is 16.5. The number of benzene rings is 1. The van der Waals surface area contributed by atoms with Gasteiger partial charge in [0.2, 0.25) is 0 Å². The lowest BCUT2D eigenvalue weighted by molar-refractivity contribution is 0.0454. The maximum absolute atomic E-state index is 13.2. The van der Waals surface area contributed by atoms with Gasteiger partial charge in [-0.05, 0) is 50.5 Å². The number of carbonyl (C=O) groups is 1. The van der Waals surface area contributed by atoms with Gasteiger partial charge in [-0.15, -0.1) is 0 Å². The summed E-state index contributed by atoms with van der Waals surface area (Å²) in [5.74, 6) is 1.47. The highest BCUT2D eigenvalue weighted by molar-refractivity contribution is 5.95. The van der Waals surface area contributed by atoms with Crippen molar-refractivity contribution in [3.05, 3.63) is 53.4 Å². The summed E-state index contributed by atoms with van der Waals surface area (Å²) in [5.41, 5.74) is 1.81. The van der Waals surface area contributed by atoms with Crippen LogP contribution in [0.3, 0.4) is 0 Å². The third-order valence-electron chi connectivity index (χ3n) is 5.69. The molecule has 0 atom stereocenters. The topological polar surface area (TPSA) is 46.3 Å². The molecular formula is C19H22N2O2. The van der Waals surface area contributed by atoms with Crippen LogP contribution in [0.15, 0.2) is 41.1 Å². The van der Waals surface area contributed by atoms with Crippen molar-refractivity contribution in [1.82, 2.24) is 10.1 Å². The SMILES string of the molecule is Cc1oncc1C(=O)N(Cc1ccccc1)C12CCC(CC1)C2. The molecule has 0 aliphatic heterocycles. The molecule has 4 heteroatoms. The first-order valence-corrected chi connectivity index (χ1v) is 8.45. The number of amides is 1. The summed E-state index contributed by atoms with van der Waals surface area (Å²) < 4.78 is 5.13. The van der Waals surface area contributed by atoms with Crippen molar-refractivity contribution in [3.63, 3.8) is 0 Å². The molecule has 1 aromatic heterocycles. The van der Waals surface area contributed by atoms with E-state index < -0.39 is 0 Å². The predicted molar refractivity (Wildman–Crippen MR) is 86.9 cm³/mol. The van der Waals surface area contributed by atoms with Crippen molar-refractivity contribution in [1.29, 1.82) is 0 Å². The second-order valence-electron chi connectivity index (χ2n) is 7.04. The molecule has 1 aromatic carbocycles. The first-order valence-electron chi connectivity index (χ1n) is 8.45. The average Bonchev–Trinajstić information content (AvgIpc) is 3.29. The normalized spacial score (nSPS) is 25.7. The van der Waals surface area contributed by atoms with E-state index >= 15 is 0 Å². The van der Waals surface area contributed by atoms with E-state index in [1.165, 1.54) is 18.4 Å². The van der Waals surface area contributed by atoms with Crippen LogP contribution in [0, 0.1) is 12.8 Å². The van der Waals surface area contributed by atoms with Crippen molar-refractivity contribution >= 4 is 5.91 Å². The fraction of sp³-hybridized carbons (Fsp3) is 0.474. The van der Waals surface area contributed by atoms with Gasteiger partial charge < -0.3 is 9.42 Å². The van der Waals surface area contributed by atoms with Gasteiger partial charge in [-0.25, -0.2) is 0 Å². The van der Waals surface area contributed by atoms with Crippen LogP contribution in [-0.2, 0) is 6.54 Å². The van der Waals surface area contributed by atoms with Gasteiger partial charge in [0.05, 0.1) is 6.20 Å². The van der Waals surface area contributed by atoms with E-state index in [0.29, 0.717) is 17.9 Å². The molecule has 2 fully saturated rings. The summed E-state index contributed by atoms with van der Waals surface area (Å²) >= 11 is 0. The summed E-state index contributed by atoms with van der Waals surface area (Å²) in [6.45, 7) is 2.47. The summed E-state index contributed by atoms with van der Waals surface area (Å²) in [6, 6.07) is 10.3. The third-order valence-corrected chi connectivity index (χ3v) is 5.69. The van der Waals surface area contributed by atoms with Crippen LogP contribution in [0.1, 0.15) is 53.8 Å². The Morgan fingerprint density at radius 3 is 2.61 bits per heavy atom. The zero-order chi connectivity index (χ0) is 15.9. The minimum Gasteiger partial charge on any atom is -0.361 e. The van der Waals surface area contributed by atoms with Crippen LogP contribution in [-0.4, -0.2) is 21.5 Å². The highest BCUT2D eigenvalue weighted by Gasteiger charge is 2.50. The van der Waals surface area contributed by atoms with E-state index in [1.54, 1.807) is 6.20 Å². The second-order valence-corrected chi connectivity index (χ2v) is 7.04. The van der Waals surface area contributed by atoms with E-state index in [-0.39, 0.29) is 11.4 Å². The molecule has 1 amide bonds. The number of rotatable bonds is 4. The maximum Gasteiger partial charge on any atom is 0.259 e. The van der Waals surface area contributed by atoms with Gasteiger partial charge in [-0.3, -0.25) is 4.79 Å². The smallest absolute Gasteiger partial charge is 0.259 e. The van der Waals surface area contributed by atoms with E-state index in [1.807, 2.05) is 25.1 Å². The number of nitrogens with zero attached hydrogens (tertiary/aromatic N) is 2. The molecule has 2 bridgehead atoms. The Hall–Kier alpha value is -2.10. The van der Waals surface area contributed by atoms with Crippen molar-refractivity contribution in [2.75, 3.05) is 0 Å². The molecule has 0 spiro atoms. The summed E-state index contributed by atoms with van der Waals surface area (Å²) in [4.78, 5) is 15.3. The fourth-order valence-electron chi connectivity index (χ4n) is 4.41. The molecule has 120 valence electrons. The summed E-state index contributed by atoms with van der Waals surface area (Å²) in [6.07, 6.45) is 7.47. The third kappa shape index (κ3) is 2.46. The molecule has 4 rings (SSSR count). The van der Waals surface area contributed by atoms with E-state index in [0.717, 1.165) is 25.2 Å². The number of aromatic nitrogens is 1. The first-order chi connectivity index (χ1) is 11.2. The molecule has 2 aliphatic carbocycles. The number of fused-ring (bicyclic) bond motifs is 2.